The zero-order valence-electron chi connectivity index (χ0n) is 11.9. The van der Waals surface area contributed by atoms with Crippen molar-refractivity contribution >= 4 is 11.6 Å². The number of amides is 1. The topological polar surface area (TPSA) is 61.6 Å². The number of nitrogens with two attached hydrogens (primary N) is 1. The third-order valence-corrected chi connectivity index (χ3v) is 3.85. The SMILES string of the molecule is CCN1CCN(C(=O)c2cccc(F)c2NN)CC1C. The number of nitrogen functional groups attached to an aromatic ring is 1. The van der Waals surface area contributed by atoms with Crippen molar-refractivity contribution in [3.8, 4) is 0 Å². The summed E-state index contributed by atoms with van der Waals surface area (Å²) in [7, 11) is 0. The maximum atomic E-state index is 13.6. The Kier molecular flexibility index (Phi) is 4.57. The van der Waals surface area contributed by atoms with Gasteiger partial charge in [-0.1, -0.05) is 13.0 Å². The van der Waals surface area contributed by atoms with Crippen LogP contribution in [0.4, 0.5) is 10.1 Å². The van der Waals surface area contributed by atoms with Crippen molar-refractivity contribution < 1.29 is 9.18 Å². The van der Waals surface area contributed by atoms with Crippen LogP contribution in [0.3, 0.4) is 0 Å². The van der Waals surface area contributed by atoms with E-state index in [1.807, 2.05) is 0 Å². The average molecular weight is 280 g/mol. The molecule has 0 saturated carbocycles. The Balaban J connectivity index is 2.18. The largest absolute Gasteiger partial charge is 0.336 e. The van der Waals surface area contributed by atoms with Gasteiger partial charge in [0.2, 0.25) is 0 Å². The fourth-order valence-corrected chi connectivity index (χ4v) is 2.67. The van der Waals surface area contributed by atoms with Gasteiger partial charge in [0.25, 0.3) is 5.91 Å². The quantitative estimate of drug-likeness (QED) is 0.647. The van der Waals surface area contributed by atoms with Gasteiger partial charge in [-0.05, 0) is 25.6 Å². The number of likely N-dealkylation sites (N-methyl/N-ethyl adjacent to an activating group) is 1. The van der Waals surface area contributed by atoms with Gasteiger partial charge in [0, 0.05) is 25.7 Å². The zero-order valence-corrected chi connectivity index (χ0v) is 11.9. The fourth-order valence-electron chi connectivity index (χ4n) is 2.67. The molecular formula is C14H21FN4O. The van der Waals surface area contributed by atoms with Crippen LogP contribution in [-0.2, 0) is 0 Å². The lowest BCUT2D eigenvalue weighted by Gasteiger charge is -2.39. The number of carbonyl (C=O) groups is 1. The average Bonchev–Trinajstić information content (AvgIpc) is 2.46. The normalized spacial score (nSPS) is 20.0. The molecular weight excluding hydrogens is 259 g/mol. The summed E-state index contributed by atoms with van der Waals surface area (Å²) in [4.78, 5) is 16.6. The molecule has 20 heavy (non-hydrogen) atoms. The van der Waals surface area contributed by atoms with Gasteiger partial charge < -0.3 is 10.3 Å². The molecule has 1 atom stereocenters. The molecule has 0 radical (unpaired) electrons. The van der Waals surface area contributed by atoms with Crippen LogP contribution in [0, 0.1) is 5.82 Å². The number of halogens is 1. The van der Waals surface area contributed by atoms with Gasteiger partial charge in [0.1, 0.15) is 5.82 Å². The second-order valence-electron chi connectivity index (χ2n) is 5.04. The smallest absolute Gasteiger partial charge is 0.256 e. The fraction of sp³-hybridized carbons (Fsp3) is 0.500. The Morgan fingerprint density at radius 3 is 2.85 bits per heavy atom. The van der Waals surface area contributed by atoms with Crippen LogP contribution >= 0.6 is 0 Å². The molecule has 3 N–H and O–H groups in total. The van der Waals surface area contributed by atoms with E-state index in [-0.39, 0.29) is 17.2 Å². The van der Waals surface area contributed by atoms with Gasteiger partial charge >= 0.3 is 0 Å². The molecule has 1 aromatic rings. The van der Waals surface area contributed by atoms with Gasteiger partial charge in [0.05, 0.1) is 11.3 Å². The minimum absolute atomic E-state index is 0.0584. The Morgan fingerprint density at radius 2 is 2.25 bits per heavy atom. The molecule has 1 amide bonds. The van der Waals surface area contributed by atoms with Crippen LogP contribution in [0.2, 0.25) is 0 Å². The molecule has 0 aliphatic carbocycles. The molecule has 1 aliphatic rings. The van der Waals surface area contributed by atoms with Gasteiger partial charge in [-0.15, -0.1) is 0 Å². The maximum Gasteiger partial charge on any atom is 0.256 e. The van der Waals surface area contributed by atoms with Gasteiger partial charge in [0.15, 0.2) is 0 Å². The maximum absolute atomic E-state index is 13.6. The van der Waals surface area contributed by atoms with Crippen molar-refractivity contribution in [2.24, 2.45) is 5.84 Å². The molecule has 2 rings (SSSR count). The van der Waals surface area contributed by atoms with Crippen molar-refractivity contribution in [2.75, 3.05) is 31.6 Å². The van der Waals surface area contributed by atoms with Crippen molar-refractivity contribution in [1.82, 2.24) is 9.80 Å². The lowest BCUT2D eigenvalue weighted by atomic mass is 10.1. The number of hydrogen-bond acceptors (Lipinski definition) is 4. The van der Waals surface area contributed by atoms with E-state index in [9.17, 15) is 9.18 Å². The highest BCUT2D eigenvalue weighted by atomic mass is 19.1. The molecule has 1 heterocycles. The molecule has 6 heteroatoms. The molecule has 0 bridgehead atoms. The van der Waals surface area contributed by atoms with Gasteiger partial charge in [-0.3, -0.25) is 15.5 Å². The van der Waals surface area contributed by atoms with E-state index in [0.717, 1.165) is 13.1 Å². The van der Waals surface area contributed by atoms with Crippen molar-refractivity contribution in [3.63, 3.8) is 0 Å². The summed E-state index contributed by atoms with van der Waals surface area (Å²) < 4.78 is 13.6. The number of para-hydroxylation sites is 1. The number of piperazine rings is 1. The number of hydrazine groups is 1. The number of anilines is 1. The first-order chi connectivity index (χ1) is 9.58. The number of carbonyl (C=O) groups excluding carboxylic acids is 1. The van der Waals surface area contributed by atoms with Gasteiger partial charge in [-0.2, -0.15) is 0 Å². The lowest BCUT2D eigenvalue weighted by Crippen LogP contribution is -2.53. The number of rotatable bonds is 3. The van der Waals surface area contributed by atoms with Crippen LogP contribution in [0.25, 0.3) is 0 Å². The molecule has 0 spiro atoms. The molecule has 1 fully saturated rings. The van der Waals surface area contributed by atoms with E-state index in [1.54, 1.807) is 11.0 Å². The van der Waals surface area contributed by atoms with Crippen LogP contribution in [0.15, 0.2) is 18.2 Å². The summed E-state index contributed by atoms with van der Waals surface area (Å²) in [5.41, 5.74) is 2.62. The summed E-state index contributed by atoms with van der Waals surface area (Å²) >= 11 is 0. The summed E-state index contributed by atoms with van der Waals surface area (Å²) in [6.45, 7) is 7.31. The Labute approximate surface area is 118 Å². The van der Waals surface area contributed by atoms with E-state index >= 15 is 0 Å². The zero-order chi connectivity index (χ0) is 14.7. The number of nitrogens with zero attached hydrogens (tertiary/aromatic N) is 2. The predicted molar refractivity (Wildman–Crippen MR) is 76.8 cm³/mol. The van der Waals surface area contributed by atoms with Crippen LogP contribution < -0.4 is 11.3 Å². The Bertz CT molecular complexity index is 494. The molecule has 0 aromatic heterocycles. The molecule has 1 unspecified atom stereocenters. The van der Waals surface area contributed by atoms with Crippen LogP contribution in [-0.4, -0.2) is 47.9 Å². The predicted octanol–water partition coefficient (Wildman–Crippen LogP) is 1.28. The number of benzene rings is 1. The van der Waals surface area contributed by atoms with Crippen LogP contribution in [0.1, 0.15) is 24.2 Å². The standard InChI is InChI=1S/C14H21FN4O/c1-3-18-7-8-19(9-10(18)2)14(20)11-5-4-6-12(15)13(11)17-16/h4-6,10,17H,3,7-9,16H2,1-2H3. The second kappa shape index (κ2) is 6.19. The molecule has 1 saturated heterocycles. The molecule has 1 aromatic carbocycles. The van der Waals surface area contributed by atoms with E-state index in [2.05, 4.69) is 24.2 Å². The van der Waals surface area contributed by atoms with E-state index < -0.39 is 5.82 Å². The van der Waals surface area contributed by atoms with Gasteiger partial charge in [-0.25, -0.2) is 4.39 Å². The minimum Gasteiger partial charge on any atom is -0.336 e. The molecule has 5 nitrogen and oxygen atoms in total. The Hall–Kier alpha value is -1.66. The summed E-state index contributed by atoms with van der Waals surface area (Å²) in [6.07, 6.45) is 0. The van der Waals surface area contributed by atoms with Crippen molar-refractivity contribution in [2.45, 2.75) is 19.9 Å². The van der Waals surface area contributed by atoms with Crippen molar-refractivity contribution in [3.05, 3.63) is 29.6 Å². The molecule has 110 valence electrons. The number of nitrogens with one attached hydrogen (secondary N) is 1. The number of hydrogen-bond donors (Lipinski definition) is 2. The van der Waals surface area contributed by atoms with E-state index in [1.165, 1.54) is 12.1 Å². The first-order valence-electron chi connectivity index (χ1n) is 6.87. The molecule has 1 aliphatic heterocycles. The Morgan fingerprint density at radius 1 is 1.50 bits per heavy atom. The summed E-state index contributed by atoms with van der Waals surface area (Å²) in [6, 6.07) is 4.71. The summed E-state index contributed by atoms with van der Waals surface area (Å²) in [5, 5.41) is 0. The first kappa shape index (κ1) is 14.7. The van der Waals surface area contributed by atoms with E-state index in [4.69, 9.17) is 5.84 Å². The monoisotopic (exact) mass is 280 g/mol. The highest BCUT2D eigenvalue weighted by Crippen LogP contribution is 2.21. The third kappa shape index (κ3) is 2.76. The lowest BCUT2D eigenvalue weighted by molar-refractivity contribution is 0.0529. The van der Waals surface area contributed by atoms with E-state index in [0.29, 0.717) is 19.1 Å². The summed E-state index contributed by atoms with van der Waals surface area (Å²) in [5.74, 6) is 4.63. The minimum atomic E-state index is -0.515. The van der Waals surface area contributed by atoms with Crippen LogP contribution in [0.5, 0.6) is 0 Å². The second-order valence-corrected chi connectivity index (χ2v) is 5.04. The highest BCUT2D eigenvalue weighted by Gasteiger charge is 2.27. The first-order valence-corrected chi connectivity index (χ1v) is 6.87. The third-order valence-electron chi connectivity index (χ3n) is 3.85. The van der Waals surface area contributed by atoms with Crippen molar-refractivity contribution in [1.29, 1.82) is 0 Å². The highest BCUT2D eigenvalue weighted by molar-refractivity contribution is 5.99.